The minimum absolute atomic E-state index is 0.127. The van der Waals surface area contributed by atoms with Gasteiger partial charge < -0.3 is 9.80 Å². The van der Waals surface area contributed by atoms with Crippen LogP contribution in [0.3, 0.4) is 0 Å². The SMILES string of the molecule is CCCCC1(CCCC)c2ccccc2-c2ccc(-c3cccc(N4CN(C)c5ccccc54)c3)cc21. The van der Waals surface area contributed by atoms with Crippen molar-refractivity contribution in [3.8, 4) is 22.3 Å². The lowest BCUT2D eigenvalue weighted by Crippen LogP contribution is -2.25. The van der Waals surface area contributed by atoms with E-state index in [1.54, 1.807) is 11.1 Å². The average Bonchev–Trinajstić information content (AvgIpc) is 3.43. The largest absolute Gasteiger partial charge is 0.355 e. The van der Waals surface area contributed by atoms with Gasteiger partial charge in [0, 0.05) is 18.2 Å². The zero-order valence-electron chi connectivity index (χ0n) is 22.5. The summed E-state index contributed by atoms with van der Waals surface area (Å²) in [6, 6.07) is 34.3. The van der Waals surface area contributed by atoms with E-state index in [9.17, 15) is 0 Å². The maximum atomic E-state index is 2.53. The monoisotopic (exact) mass is 486 g/mol. The molecule has 1 aliphatic carbocycles. The second kappa shape index (κ2) is 9.74. The molecule has 4 aromatic carbocycles. The van der Waals surface area contributed by atoms with Crippen LogP contribution in [-0.4, -0.2) is 13.7 Å². The summed E-state index contributed by atoms with van der Waals surface area (Å²) in [7, 11) is 2.17. The van der Waals surface area contributed by atoms with Gasteiger partial charge in [0.2, 0.25) is 0 Å². The third-order valence-corrected chi connectivity index (χ3v) is 8.61. The highest BCUT2D eigenvalue weighted by molar-refractivity contribution is 5.86. The van der Waals surface area contributed by atoms with Gasteiger partial charge in [-0.15, -0.1) is 0 Å². The molecule has 4 aromatic rings. The van der Waals surface area contributed by atoms with Gasteiger partial charge in [-0.2, -0.15) is 0 Å². The lowest BCUT2D eigenvalue weighted by atomic mass is 9.70. The summed E-state index contributed by atoms with van der Waals surface area (Å²) in [5.41, 5.74) is 12.6. The molecule has 0 aromatic heterocycles. The topological polar surface area (TPSA) is 6.48 Å². The average molecular weight is 487 g/mol. The van der Waals surface area contributed by atoms with Crippen molar-refractivity contribution in [1.29, 1.82) is 0 Å². The molecular formula is C35H38N2. The van der Waals surface area contributed by atoms with Gasteiger partial charge in [0.05, 0.1) is 18.0 Å². The van der Waals surface area contributed by atoms with Gasteiger partial charge >= 0.3 is 0 Å². The van der Waals surface area contributed by atoms with Crippen molar-refractivity contribution in [1.82, 2.24) is 0 Å². The summed E-state index contributed by atoms with van der Waals surface area (Å²) in [6.07, 6.45) is 7.46. The van der Waals surface area contributed by atoms with Crippen LogP contribution in [0.1, 0.15) is 63.5 Å². The molecule has 2 heteroatoms. The van der Waals surface area contributed by atoms with Crippen molar-refractivity contribution in [2.45, 2.75) is 57.8 Å². The molecular weight excluding hydrogens is 448 g/mol. The van der Waals surface area contributed by atoms with Crippen LogP contribution in [0.25, 0.3) is 22.3 Å². The van der Waals surface area contributed by atoms with Crippen LogP contribution in [0.4, 0.5) is 17.1 Å². The fourth-order valence-electron chi connectivity index (χ4n) is 6.71. The first-order valence-electron chi connectivity index (χ1n) is 14.1. The molecule has 0 amide bonds. The van der Waals surface area contributed by atoms with E-state index in [4.69, 9.17) is 0 Å². The lowest BCUT2D eigenvalue weighted by Gasteiger charge is -2.33. The zero-order valence-corrected chi connectivity index (χ0v) is 22.5. The molecule has 0 atom stereocenters. The van der Waals surface area contributed by atoms with Crippen LogP contribution in [0, 0.1) is 0 Å². The molecule has 1 aliphatic heterocycles. The van der Waals surface area contributed by atoms with E-state index in [-0.39, 0.29) is 5.41 Å². The highest BCUT2D eigenvalue weighted by atomic mass is 15.4. The van der Waals surface area contributed by atoms with Gasteiger partial charge in [0.25, 0.3) is 0 Å². The van der Waals surface area contributed by atoms with E-state index in [1.165, 1.54) is 77.8 Å². The van der Waals surface area contributed by atoms with Crippen molar-refractivity contribution in [3.05, 3.63) is 102 Å². The zero-order chi connectivity index (χ0) is 25.4. The fourth-order valence-corrected chi connectivity index (χ4v) is 6.71. The Hall–Kier alpha value is -3.52. The molecule has 0 saturated heterocycles. The van der Waals surface area contributed by atoms with Gasteiger partial charge in [-0.05, 0) is 76.6 Å². The summed E-state index contributed by atoms with van der Waals surface area (Å²) >= 11 is 0. The number of para-hydroxylation sites is 2. The van der Waals surface area contributed by atoms with E-state index in [1.807, 2.05) is 0 Å². The van der Waals surface area contributed by atoms with E-state index in [0.29, 0.717) is 0 Å². The fraction of sp³-hybridized carbons (Fsp3) is 0.314. The summed E-state index contributed by atoms with van der Waals surface area (Å²) in [6.45, 7) is 5.52. The Kier molecular flexibility index (Phi) is 6.28. The Morgan fingerprint density at radius 3 is 2.11 bits per heavy atom. The number of hydrogen-bond acceptors (Lipinski definition) is 2. The summed E-state index contributed by atoms with van der Waals surface area (Å²) in [5, 5.41) is 0. The number of fused-ring (bicyclic) bond motifs is 4. The number of unbranched alkanes of at least 4 members (excludes halogenated alkanes) is 2. The van der Waals surface area contributed by atoms with Crippen molar-refractivity contribution in [2.75, 3.05) is 23.5 Å². The van der Waals surface area contributed by atoms with Crippen molar-refractivity contribution >= 4 is 17.1 Å². The number of benzene rings is 4. The lowest BCUT2D eigenvalue weighted by molar-refractivity contribution is 0.414. The molecule has 188 valence electrons. The van der Waals surface area contributed by atoms with E-state index in [0.717, 1.165) is 6.67 Å². The number of anilines is 3. The second-order valence-electron chi connectivity index (χ2n) is 10.9. The highest BCUT2D eigenvalue weighted by Crippen LogP contribution is 2.55. The molecule has 0 saturated carbocycles. The molecule has 0 spiro atoms. The van der Waals surface area contributed by atoms with Crippen LogP contribution in [0.15, 0.2) is 91.0 Å². The molecule has 2 aliphatic rings. The third-order valence-electron chi connectivity index (χ3n) is 8.61. The summed E-state index contributed by atoms with van der Waals surface area (Å²) in [5.74, 6) is 0. The van der Waals surface area contributed by atoms with Gasteiger partial charge in [-0.1, -0.05) is 100 Å². The molecule has 0 fully saturated rings. The quantitative estimate of drug-likeness (QED) is 0.245. The van der Waals surface area contributed by atoms with Crippen molar-refractivity contribution < 1.29 is 0 Å². The minimum atomic E-state index is 0.127. The van der Waals surface area contributed by atoms with Crippen LogP contribution in [-0.2, 0) is 5.41 Å². The third kappa shape index (κ3) is 3.94. The molecule has 0 unspecified atom stereocenters. The van der Waals surface area contributed by atoms with Crippen LogP contribution in [0.2, 0.25) is 0 Å². The predicted octanol–water partition coefficient (Wildman–Crippen LogP) is 9.55. The molecule has 37 heavy (non-hydrogen) atoms. The molecule has 6 rings (SSSR count). The van der Waals surface area contributed by atoms with Gasteiger partial charge in [0.1, 0.15) is 0 Å². The predicted molar refractivity (Wildman–Crippen MR) is 159 cm³/mol. The first-order valence-corrected chi connectivity index (χ1v) is 14.1. The molecule has 0 radical (unpaired) electrons. The van der Waals surface area contributed by atoms with Gasteiger partial charge in [-0.3, -0.25) is 0 Å². The first-order chi connectivity index (χ1) is 18.2. The molecule has 2 nitrogen and oxygen atoms in total. The molecule has 0 bridgehead atoms. The van der Waals surface area contributed by atoms with Crippen molar-refractivity contribution in [2.24, 2.45) is 0 Å². The van der Waals surface area contributed by atoms with Crippen LogP contribution >= 0.6 is 0 Å². The Bertz CT molecular complexity index is 1410. The van der Waals surface area contributed by atoms with E-state index in [2.05, 4.69) is 122 Å². The normalized spacial score (nSPS) is 15.0. The molecule has 0 N–H and O–H groups in total. The maximum Gasteiger partial charge on any atom is 0.0950 e. The van der Waals surface area contributed by atoms with E-state index < -0.39 is 0 Å². The van der Waals surface area contributed by atoms with Gasteiger partial charge in [0.15, 0.2) is 0 Å². The standard InChI is InChI=1S/C35H38N2/c1-4-6-21-35(22-7-5-2)31-16-9-8-15-29(31)30-20-19-27(24-32(30)35)26-13-12-14-28(23-26)37-25-36(3)33-17-10-11-18-34(33)37/h8-20,23-24H,4-7,21-22,25H2,1-3H3. The van der Waals surface area contributed by atoms with Gasteiger partial charge in [-0.25, -0.2) is 0 Å². The van der Waals surface area contributed by atoms with E-state index >= 15 is 0 Å². The Labute approximate surface area is 222 Å². The minimum Gasteiger partial charge on any atom is -0.355 e. The first kappa shape index (κ1) is 23.9. The Balaban J connectivity index is 1.44. The Morgan fingerprint density at radius 2 is 1.32 bits per heavy atom. The molecule has 1 heterocycles. The number of rotatable bonds is 8. The maximum absolute atomic E-state index is 2.53. The summed E-state index contributed by atoms with van der Waals surface area (Å²) in [4.78, 5) is 4.75. The highest BCUT2D eigenvalue weighted by Gasteiger charge is 2.42. The number of nitrogens with zero attached hydrogens (tertiary/aromatic N) is 2. The van der Waals surface area contributed by atoms with Crippen LogP contribution < -0.4 is 9.80 Å². The van der Waals surface area contributed by atoms with Crippen LogP contribution in [0.5, 0.6) is 0 Å². The number of hydrogen-bond donors (Lipinski definition) is 0. The second-order valence-corrected chi connectivity index (χ2v) is 10.9. The Morgan fingerprint density at radius 1 is 0.649 bits per heavy atom. The van der Waals surface area contributed by atoms with Crippen molar-refractivity contribution in [3.63, 3.8) is 0 Å². The smallest absolute Gasteiger partial charge is 0.0950 e. The summed E-state index contributed by atoms with van der Waals surface area (Å²) < 4.78 is 0.